The molecule has 582 valence electrons. The molecule has 0 saturated carbocycles. The van der Waals surface area contributed by atoms with Crippen LogP contribution in [0.15, 0.2) is 108 Å². The topological polar surface area (TPSA) is 205 Å². The third kappa shape index (κ3) is 35.6. The van der Waals surface area contributed by atoms with Crippen molar-refractivity contribution >= 4 is 96.8 Å². The van der Waals surface area contributed by atoms with Crippen LogP contribution >= 0.6 is 34.3 Å². The molecule has 0 aliphatic heterocycles. The van der Waals surface area contributed by atoms with Crippen LogP contribution in [0.5, 0.6) is 0 Å². The highest BCUT2D eigenvalue weighted by molar-refractivity contribution is 7.14. The fourth-order valence-electron chi connectivity index (χ4n) is 10.2. The van der Waals surface area contributed by atoms with E-state index in [0.29, 0.717) is 88.1 Å². The molecule has 0 atom stereocenters. The molecular weight excluding hydrogens is 1420 g/mol. The summed E-state index contributed by atoms with van der Waals surface area (Å²) >= 11 is 8.35. The van der Waals surface area contributed by atoms with Crippen molar-refractivity contribution in [3.8, 4) is 22.5 Å². The minimum Gasteiger partial charge on any atom is -0.350 e. The number of alkyl halides is 6. The third-order valence-electron chi connectivity index (χ3n) is 16.4. The van der Waals surface area contributed by atoms with Gasteiger partial charge in [-0.1, -0.05) is 111 Å². The number of carbonyl (C=O) groups excluding carboxylic acids is 6. The summed E-state index contributed by atoms with van der Waals surface area (Å²) in [6.07, 6.45) is -2.82. The van der Waals surface area contributed by atoms with Crippen molar-refractivity contribution < 1.29 is 73.5 Å². The van der Waals surface area contributed by atoms with Crippen LogP contribution in [-0.4, -0.2) is 184 Å². The van der Waals surface area contributed by atoms with Gasteiger partial charge in [0.2, 0.25) is 11.8 Å². The number of quaternary nitrogens is 3. The van der Waals surface area contributed by atoms with E-state index in [1.165, 1.54) is 58.7 Å². The largest absolute Gasteiger partial charge is 0.416 e. The number of Topliss-reactive ketones (excluding diaryl/α,β-unsaturated/α-hetero) is 3. The van der Waals surface area contributed by atoms with E-state index in [2.05, 4.69) is 69.7 Å². The van der Waals surface area contributed by atoms with E-state index in [1.54, 1.807) is 55.8 Å². The molecule has 0 fully saturated rings. The van der Waals surface area contributed by atoms with Crippen molar-refractivity contribution in [2.24, 2.45) is 23.7 Å². The summed E-state index contributed by atoms with van der Waals surface area (Å²) in [6, 6.07) is 21.4. The summed E-state index contributed by atoms with van der Waals surface area (Å²) in [5.41, 5.74) is 0.368. The number of amides is 4. The van der Waals surface area contributed by atoms with Crippen molar-refractivity contribution in [1.29, 1.82) is 0 Å². The van der Waals surface area contributed by atoms with Gasteiger partial charge in [-0.2, -0.15) is 26.3 Å². The number of aromatic nitrogens is 2. The number of ketones is 3. The minimum atomic E-state index is -4.62. The fraction of sp³-hybridized carbons (Fsp3) is 0.532. The highest BCUT2D eigenvalue weighted by Crippen LogP contribution is 2.39. The molecular formula is C77H113ClF6N11O8S2+3. The summed E-state index contributed by atoms with van der Waals surface area (Å²) in [6.45, 7) is 23.3. The maximum absolute atomic E-state index is 13.5. The molecule has 6 rings (SSSR count). The normalized spacial score (nSPS) is 11.8. The first kappa shape index (κ1) is 93.6. The zero-order valence-electron chi connectivity index (χ0n) is 63.5. The van der Waals surface area contributed by atoms with Crippen molar-refractivity contribution in [3.05, 3.63) is 134 Å². The highest BCUT2D eigenvalue weighted by atomic mass is 35.5. The quantitative estimate of drug-likeness (QED) is 0.0168. The monoisotopic (exact) mass is 1530 g/mol. The van der Waals surface area contributed by atoms with Gasteiger partial charge in [-0.25, -0.2) is 19.7 Å². The summed E-state index contributed by atoms with van der Waals surface area (Å²) in [4.78, 5) is 95.9. The van der Waals surface area contributed by atoms with Gasteiger partial charge >= 0.3 is 18.4 Å². The van der Waals surface area contributed by atoms with Gasteiger partial charge in [0.05, 0.1) is 141 Å². The van der Waals surface area contributed by atoms with Crippen LogP contribution in [0.25, 0.3) is 22.5 Å². The van der Waals surface area contributed by atoms with Gasteiger partial charge in [0.25, 0.3) is 5.69 Å². The summed E-state index contributed by atoms with van der Waals surface area (Å²) in [7, 11) is 16.5. The Bertz CT molecular complexity index is 3720. The van der Waals surface area contributed by atoms with Crippen molar-refractivity contribution in [1.82, 2.24) is 25.5 Å². The maximum Gasteiger partial charge on any atom is 0.416 e. The fourth-order valence-corrected chi connectivity index (χ4v) is 12.1. The number of urea groups is 1. The lowest BCUT2D eigenvalue weighted by Gasteiger charge is -2.30. The minimum absolute atomic E-state index is 0. The van der Waals surface area contributed by atoms with E-state index >= 15 is 0 Å². The van der Waals surface area contributed by atoms with Crippen LogP contribution < -0.4 is 20.4 Å². The van der Waals surface area contributed by atoms with E-state index < -0.39 is 34.4 Å². The molecule has 0 aliphatic carbocycles. The smallest absolute Gasteiger partial charge is 0.350 e. The van der Waals surface area contributed by atoms with Crippen LogP contribution in [0.1, 0.15) is 132 Å². The number of hydrogen-bond acceptors (Lipinski definition) is 13. The Morgan fingerprint density at radius 3 is 1.51 bits per heavy atom. The predicted molar refractivity (Wildman–Crippen MR) is 413 cm³/mol. The first-order valence-electron chi connectivity index (χ1n) is 34.9. The van der Waals surface area contributed by atoms with Crippen molar-refractivity contribution in [2.75, 3.05) is 125 Å². The van der Waals surface area contributed by atoms with Gasteiger partial charge < -0.3 is 24.1 Å². The molecule has 0 bridgehead atoms. The molecule has 0 unspecified atom stereocenters. The second kappa shape index (κ2) is 43.9. The number of carbonyl (C=O) groups is 6. The Labute approximate surface area is 631 Å². The van der Waals surface area contributed by atoms with Gasteiger partial charge in [0, 0.05) is 88.9 Å². The highest BCUT2D eigenvalue weighted by Gasteiger charge is 2.34. The summed E-state index contributed by atoms with van der Waals surface area (Å²) < 4.78 is 83.0. The molecule has 4 aromatic carbocycles. The number of nitrogens with zero attached hydrogens (tertiary/aromatic N) is 9. The van der Waals surface area contributed by atoms with Gasteiger partial charge in [-0.05, 0) is 94.2 Å². The van der Waals surface area contributed by atoms with E-state index in [9.17, 15) is 65.2 Å². The first-order valence-corrected chi connectivity index (χ1v) is 37.1. The number of nitro groups is 1. The van der Waals surface area contributed by atoms with Gasteiger partial charge in [-0.15, -0.1) is 22.7 Å². The van der Waals surface area contributed by atoms with E-state index in [1.807, 2.05) is 59.8 Å². The predicted octanol–water partition coefficient (Wildman–Crippen LogP) is 17.7. The molecule has 0 spiro atoms. The maximum atomic E-state index is 13.5. The molecule has 0 saturated heterocycles. The second-order valence-electron chi connectivity index (χ2n) is 29.5. The molecule has 0 aliphatic rings. The zero-order chi connectivity index (χ0) is 78.5. The number of nitrogens with one attached hydrogen (secondary N) is 2. The molecule has 2 heterocycles. The number of non-ortho nitro benzene ring substituents is 1. The van der Waals surface area contributed by atoms with Crippen LogP contribution in [-0.2, 0) is 36.3 Å². The number of halogens is 7. The number of thiazole rings is 2. The first-order chi connectivity index (χ1) is 48.3. The summed E-state index contributed by atoms with van der Waals surface area (Å²) in [5.74, 6) is 1.39. The van der Waals surface area contributed by atoms with Gasteiger partial charge in [-0.3, -0.25) is 43.9 Å². The lowest BCUT2D eigenvalue weighted by Crippen LogP contribution is -2.50. The molecule has 2 aromatic heterocycles. The number of nitro benzene ring substituents is 1. The Kier molecular flexibility index (Phi) is 39.1. The van der Waals surface area contributed by atoms with Crippen LogP contribution in [0.2, 0.25) is 5.02 Å². The Hall–Kier alpha value is -7.53. The number of anilines is 4. The number of benzene rings is 4. The van der Waals surface area contributed by atoms with E-state index in [4.69, 9.17) is 11.6 Å². The molecule has 6 aromatic rings. The van der Waals surface area contributed by atoms with E-state index in [0.717, 1.165) is 113 Å². The SMILES string of the molecule is C.CC(=O)CN(C)CCCC(=O)C(C)C.CC(C)C(=O)CCC[N+](C)(C)C.CC(C)C(=O)NCC[N+](C)(C)CCNC(=O)N(c1cccc(C(F)(F)F)c1)c1nc(-c2cccc([N+](=O)[O-])c2)cs1.CC(C)CCC[N+](C)(C)CCCC(=O)N(c1cccc(C(F)(F)F)c1)c1nc(-c2cccc(Cl)c2)cs1. The Balaban J connectivity index is 0.000000532. The van der Waals surface area contributed by atoms with Gasteiger partial charge in [0.1, 0.15) is 17.3 Å². The molecule has 19 nitrogen and oxygen atoms in total. The van der Waals surface area contributed by atoms with E-state index in [-0.39, 0.29) is 77.9 Å². The van der Waals surface area contributed by atoms with Crippen molar-refractivity contribution in [3.63, 3.8) is 0 Å². The Morgan fingerprint density at radius 1 is 0.581 bits per heavy atom. The molecule has 0 radical (unpaired) electrons. The van der Waals surface area contributed by atoms with Crippen LogP contribution in [0, 0.1) is 33.8 Å². The lowest BCUT2D eigenvalue weighted by molar-refractivity contribution is -0.890. The zero-order valence-corrected chi connectivity index (χ0v) is 65.9. The molecule has 28 heteroatoms. The summed E-state index contributed by atoms with van der Waals surface area (Å²) in [5, 5.41) is 21.1. The standard InChI is InChI=1S/C28H34ClF3N3OS.C27H31F3N6O4S.C11H21NO2.C10H22NO.CH4/c1-20(2)9-7-15-35(3,4)16-8-14-26(36)34(24-13-6-11-22(18-24)28(30,31)32)27-33-25(19-37-27)21-10-5-12-23(29)17-21;1-18(2)24(37)31-11-13-36(3,4)14-12-32-25(38)34(21-9-6-8-20(16-21)27(28,29)30)26-33-23(17-41-26)19-7-5-10-22(15-19)35(39)40;1-9(2)11(14)6-5-7-12(4)8-10(3)13;1-9(2)10(12)7-6-8-11(3,4)5;/h5-6,10-13,17-20H,7-9,14-16H2,1-4H3;5-10,15-18H,11-14H2,1-4H3,(H-,31,32,37,38);9H,5-8H2,1-4H3;9H,6-8H2,1-5H3;1H4/q+1;;;+1;/p+1. The number of likely N-dealkylation sites (N-methyl/N-ethyl adjacent to an activating group) is 2. The number of rotatable bonds is 34. The average molecular weight is 1530 g/mol. The van der Waals surface area contributed by atoms with Crippen LogP contribution in [0.4, 0.5) is 58.5 Å². The average Bonchev–Trinajstić information content (AvgIpc) is 1.78. The molecule has 2 N–H and O–H groups in total. The molecule has 4 amide bonds. The lowest BCUT2D eigenvalue weighted by atomic mass is 10.0. The Morgan fingerprint density at radius 2 is 1.04 bits per heavy atom. The van der Waals surface area contributed by atoms with Crippen molar-refractivity contribution in [2.45, 2.75) is 133 Å². The second-order valence-corrected chi connectivity index (χ2v) is 31.6. The number of hydrogen-bond donors (Lipinski definition) is 2. The van der Waals surface area contributed by atoms with Crippen LogP contribution in [0.3, 0.4) is 0 Å². The van der Waals surface area contributed by atoms with Gasteiger partial charge in [0.15, 0.2) is 10.3 Å². The molecule has 105 heavy (non-hydrogen) atoms. The third-order valence-corrected chi connectivity index (χ3v) is 18.3.